The molecule has 0 unspecified atom stereocenters. The molecule has 1 atom stereocenters. The van der Waals surface area contributed by atoms with Crippen molar-refractivity contribution in [1.29, 1.82) is 0 Å². The Bertz CT molecular complexity index is 1050. The van der Waals surface area contributed by atoms with Crippen LogP contribution in [0, 0.1) is 10.1 Å². The van der Waals surface area contributed by atoms with Crippen molar-refractivity contribution < 1.29 is 19.2 Å². The molecule has 0 fully saturated rings. The van der Waals surface area contributed by atoms with E-state index < -0.39 is 16.9 Å². The van der Waals surface area contributed by atoms with Crippen LogP contribution in [0.15, 0.2) is 72.8 Å². The summed E-state index contributed by atoms with van der Waals surface area (Å²) in [6.07, 6.45) is -0.493. The van der Waals surface area contributed by atoms with Gasteiger partial charge in [0.15, 0.2) is 11.9 Å². The van der Waals surface area contributed by atoms with Gasteiger partial charge in [0, 0.05) is 22.9 Å². The number of hydrogen-bond donors (Lipinski definition) is 1. The number of hydrogen-bond acceptors (Lipinski definition) is 5. The normalized spacial score (nSPS) is 11.3. The quantitative estimate of drug-likeness (QED) is 0.364. The Morgan fingerprint density at radius 2 is 1.76 bits per heavy atom. The first-order valence-electron chi connectivity index (χ1n) is 8.85. The lowest BCUT2D eigenvalue weighted by Gasteiger charge is -2.17. The summed E-state index contributed by atoms with van der Waals surface area (Å²) in [4.78, 5) is 34.1. The molecule has 0 aliphatic rings. The molecule has 0 aliphatic carbocycles. The summed E-state index contributed by atoms with van der Waals surface area (Å²) in [5, 5.41) is 14.1. The zero-order chi connectivity index (χ0) is 20.8. The molecular weight excluding hydrogens is 372 g/mol. The first-order valence-corrected chi connectivity index (χ1v) is 8.85. The SMILES string of the molecule is C[C@H](Oc1ccc(C=O)cc1[N+](=O)[O-])C(=O)Nc1ccccc1-c1ccccc1. The van der Waals surface area contributed by atoms with E-state index in [1.807, 2.05) is 42.5 Å². The summed E-state index contributed by atoms with van der Waals surface area (Å²) in [6, 6.07) is 20.7. The van der Waals surface area contributed by atoms with E-state index in [-0.39, 0.29) is 17.0 Å². The van der Waals surface area contributed by atoms with Gasteiger partial charge in [0.25, 0.3) is 5.91 Å². The Morgan fingerprint density at radius 3 is 2.45 bits per heavy atom. The minimum absolute atomic E-state index is 0.0837. The van der Waals surface area contributed by atoms with Gasteiger partial charge in [0.2, 0.25) is 0 Å². The number of amides is 1. The highest BCUT2D eigenvalue weighted by atomic mass is 16.6. The van der Waals surface area contributed by atoms with Crippen LogP contribution in [0.5, 0.6) is 5.75 Å². The Labute approximate surface area is 167 Å². The number of aldehydes is 1. The highest BCUT2D eigenvalue weighted by Gasteiger charge is 2.22. The molecule has 0 radical (unpaired) electrons. The van der Waals surface area contributed by atoms with E-state index in [1.165, 1.54) is 19.1 Å². The van der Waals surface area contributed by atoms with E-state index in [0.29, 0.717) is 12.0 Å². The van der Waals surface area contributed by atoms with Crippen molar-refractivity contribution in [1.82, 2.24) is 0 Å². The Hall–Kier alpha value is -4.00. The number of carbonyl (C=O) groups excluding carboxylic acids is 2. The van der Waals surface area contributed by atoms with Crippen LogP contribution in [0.2, 0.25) is 0 Å². The van der Waals surface area contributed by atoms with Crippen LogP contribution in [0.4, 0.5) is 11.4 Å². The van der Waals surface area contributed by atoms with Gasteiger partial charge in [-0.05, 0) is 30.7 Å². The van der Waals surface area contributed by atoms with Crippen LogP contribution in [-0.2, 0) is 4.79 Å². The number of para-hydroxylation sites is 1. The maximum absolute atomic E-state index is 12.6. The average molecular weight is 390 g/mol. The van der Waals surface area contributed by atoms with Crippen LogP contribution in [0.1, 0.15) is 17.3 Å². The molecule has 7 heteroatoms. The number of rotatable bonds is 7. The molecule has 3 aromatic carbocycles. The zero-order valence-electron chi connectivity index (χ0n) is 15.6. The summed E-state index contributed by atoms with van der Waals surface area (Å²) in [6.45, 7) is 1.50. The van der Waals surface area contributed by atoms with Crippen molar-refractivity contribution >= 4 is 23.6 Å². The third-order valence-corrected chi connectivity index (χ3v) is 4.26. The Morgan fingerprint density at radius 1 is 1.07 bits per heavy atom. The Kier molecular flexibility index (Phi) is 5.99. The van der Waals surface area contributed by atoms with Crippen molar-refractivity contribution in [2.24, 2.45) is 0 Å². The molecule has 3 aromatic rings. The van der Waals surface area contributed by atoms with Crippen LogP contribution in [0.3, 0.4) is 0 Å². The molecular formula is C22H18N2O5. The predicted molar refractivity (Wildman–Crippen MR) is 109 cm³/mol. The molecule has 0 saturated carbocycles. The molecule has 3 rings (SSSR count). The van der Waals surface area contributed by atoms with Gasteiger partial charge >= 0.3 is 5.69 Å². The topological polar surface area (TPSA) is 98.5 Å². The van der Waals surface area contributed by atoms with Crippen LogP contribution in [0.25, 0.3) is 11.1 Å². The largest absolute Gasteiger partial charge is 0.474 e. The highest BCUT2D eigenvalue weighted by molar-refractivity contribution is 5.98. The summed E-state index contributed by atoms with van der Waals surface area (Å²) in [7, 11) is 0. The fourth-order valence-corrected chi connectivity index (χ4v) is 2.79. The third-order valence-electron chi connectivity index (χ3n) is 4.26. The molecule has 0 bridgehead atoms. The molecule has 0 aliphatic heterocycles. The molecule has 0 heterocycles. The van der Waals surface area contributed by atoms with E-state index in [9.17, 15) is 19.7 Å². The van der Waals surface area contributed by atoms with Gasteiger partial charge in [-0.15, -0.1) is 0 Å². The first-order chi connectivity index (χ1) is 14.0. The summed E-state index contributed by atoms with van der Waals surface area (Å²) in [5.74, 6) is -0.540. The molecule has 0 spiro atoms. The minimum atomic E-state index is -1.00. The Balaban J connectivity index is 1.79. The van der Waals surface area contributed by atoms with Crippen molar-refractivity contribution in [2.75, 3.05) is 5.32 Å². The molecule has 0 saturated heterocycles. The van der Waals surface area contributed by atoms with E-state index in [0.717, 1.165) is 17.2 Å². The number of carbonyl (C=O) groups is 2. The van der Waals surface area contributed by atoms with Gasteiger partial charge < -0.3 is 10.1 Å². The van der Waals surface area contributed by atoms with Gasteiger partial charge in [-0.1, -0.05) is 48.5 Å². The van der Waals surface area contributed by atoms with Gasteiger partial charge in [0.1, 0.15) is 6.29 Å². The summed E-state index contributed by atoms with van der Waals surface area (Å²) < 4.78 is 5.52. The van der Waals surface area contributed by atoms with Crippen molar-refractivity contribution in [3.05, 3.63) is 88.5 Å². The zero-order valence-corrected chi connectivity index (χ0v) is 15.6. The predicted octanol–water partition coefficient (Wildman–Crippen LogP) is 4.48. The maximum Gasteiger partial charge on any atom is 0.311 e. The van der Waals surface area contributed by atoms with Crippen LogP contribution >= 0.6 is 0 Å². The van der Waals surface area contributed by atoms with E-state index >= 15 is 0 Å². The minimum Gasteiger partial charge on any atom is -0.474 e. The van der Waals surface area contributed by atoms with Crippen molar-refractivity contribution in [3.8, 4) is 16.9 Å². The van der Waals surface area contributed by atoms with Gasteiger partial charge in [-0.3, -0.25) is 19.7 Å². The molecule has 29 heavy (non-hydrogen) atoms. The standard InChI is InChI=1S/C22H18N2O5/c1-15(29-21-12-11-16(14-25)13-20(21)24(27)28)22(26)23-19-10-6-5-9-18(19)17-7-3-2-4-8-17/h2-15H,1H3,(H,23,26)/t15-/m0/s1. The fourth-order valence-electron chi connectivity index (χ4n) is 2.79. The van der Waals surface area contributed by atoms with Crippen LogP contribution < -0.4 is 10.1 Å². The number of nitrogens with zero attached hydrogens (tertiary/aromatic N) is 1. The van der Waals surface area contributed by atoms with Crippen molar-refractivity contribution in [2.45, 2.75) is 13.0 Å². The second-order valence-corrected chi connectivity index (χ2v) is 6.26. The number of nitrogens with one attached hydrogen (secondary N) is 1. The second-order valence-electron chi connectivity index (χ2n) is 6.26. The summed E-state index contributed by atoms with van der Waals surface area (Å²) >= 11 is 0. The number of benzene rings is 3. The van der Waals surface area contributed by atoms with E-state index in [1.54, 1.807) is 12.1 Å². The highest BCUT2D eigenvalue weighted by Crippen LogP contribution is 2.30. The number of ether oxygens (including phenoxy) is 1. The molecule has 146 valence electrons. The maximum atomic E-state index is 12.6. The molecule has 1 amide bonds. The lowest BCUT2D eigenvalue weighted by Crippen LogP contribution is -2.30. The van der Waals surface area contributed by atoms with Crippen molar-refractivity contribution in [3.63, 3.8) is 0 Å². The summed E-state index contributed by atoms with van der Waals surface area (Å²) in [5.41, 5.74) is 2.16. The first kappa shape index (κ1) is 19.8. The smallest absolute Gasteiger partial charge is 0.311 e. The van der Waals surface area contributed by atoms with E-state index in [4.69, 9.17) is 4.74 Å². The number of nitro benzene ring substituents is 1. The molecule has 0 aromatic heterocycles. The van der Waals surface area contributed by atoms with E-state index in [2.05, 4.69) is 5.32 Å². The lowest BCUT2D eigenvalue weighted by molar-refractivity contribution is -0.386. The fraction of sp³-hybridized carbons (Fsp3) is 0.0909. The number of nitro groups is 1. The third kappa shape index (κ3) is 4.65. The monoisotopic (exact) mass is 390 g/mol. The van der Waals surface area contributed by atoms with Gasteiger partial charge in [-0.25, -0.2) is 0 Å². The van der Waals surface area contributed by atoms with Gasteiger partial charge in [0.05, 0.1) is 4.92 Å². The van der Waals surface area contributed by atoms with Crippen LogP contribution in [-0.4, -0.2) is 23.2 Å². The second kappa shape index (κ2) is 8.79. The average Bonchev–Trinajstić information content (AvgIpc) is 2.74. The lowest BCUT2D eigenvalue weighted by atomic mass is 10.0. The molecule has 1 N–H and O–H groups in total. The van der Waals surface area contributed by atoms with Gasteiger partial charge in [-0.2, -0.15) is 0 Å². The molecule has 7 nitrogen and oxygen atoms in total. The number of anilines is 1.